The number of ether oxygens (including phenoxy) is 2. The van der Waals surface area contributed by atoms with Gasteiger partial charge in [0, 0.05) is 35.6 Å². The summed E-state index contributed by atoms with van der Waals surface area (Å²) in [6.07, 6.45) is 2.50. The Morgan fingerprint density at radius 3 is 3.13 bits per heavy atom. The van der Waals surface area contributed by atoms with E-state index in [1.165, 1.54) is 0 Å². The molecular weight excluding hydrogens is 360 g/mol. The first-order chi connectivity index (χ1) is 11.2. The molecule has 2 atom stereocenters. The SMILES string of the molecule is COc1ccc(Br)cc1C1CCCN1C(=O)CC1COCCN1. The third kappa shape index (κ3) is 3.87. The molecule has 2 heterocycles. The number of hydrogen-bond donors (Lipinski definition) is 1. The number of benzene rings is 1. The minimum atomic E-state index is 0.0967. The lowest BCUT2D eigenvalue weighted by Gasteiger charge is -2.29. The van der Waals surface area contributed by atoms with Crippen LogP contribution in [0, 0.1) is 0 Å². The normalized spacial score (nSPS) is 24.7. The Labute approximate surface area is 145 Å². The molecule has 2 saturated heterocycles. The highest BCUT2D eigenvalue weighted by atomic mass is 79.9. The van der Waals surface area contributed by atoms with Crippen molar-refractivity contribution in [1.29, 1.82) is 0 Å². The number of amides is 1. The highest BCUT2D eigenvalue weighted by Gasteiger charge is 2.33. The van der Waals surface area contributed by atoms with Gasteiger partial charge in [-0.25, -0.2) is 0 Å². The van der Waals surface area contributed by atoms with E-state index in [9.17, 15) is 4.79 Å². The highest BCUT2D eigenvalue weighted by Crippen LogP contribution is 2.38. The Kier molecular flexibility index (Phi) is 5.56. The molecule has 3 rings (SSSR count). The fourth-order valence-electron chi connectivity index (χ4n) is 3.43. The summed E-state index contributed by atoms with van der Waals surface area (Å²) in [5.41, 5.74) is 1.08. The predicted octanol–water partition coefficient (Wildman–Crippen LogP) is 2.50. The number of carbonyl (C=O) groups excluding carboxylic acids is 1. The third-order valence-corrected chi connectivity index (χ3v) is 5.04. The number of nitrogens with one attached hydrogen (secondary N) is 1. The monoisotopic (exact) mass is 382 g/mol. The second-order valence-electron chi connectivity index (χ2n) is 6.06. The van der Waals surface area contributed by atoms with Crippen LogP contribution in [-0.2, 0) is 9.53 Å². The smallest absolute Gasteiger partial charge is 0.224 e. The number of hydrogen-bond acceptors (Lipinski definition) is 4. The minimum Gasteiger partial charge on any atom is -0.496 e. The lowest BCUT2D eigenvalue weighted by molar-refractivity contribution is -0.133. The molecule has 0 spiro atoms. The summed E-state index contributed by atoms with van der Waals surface area (Å²) in [6, 6.07) is 6.21. The molecule has 23 heavy (non-hydrogen) atoms. The van der Waals surface area contributed by atoms with Crippen molar-refractivity contribution in [3.8, 4) is 5.75 Å². The Balaban J connectivity index is 1.74. The van der Waals surface area contributed by atoms with Crippen LogP contribution in [0.2, 0.25) is 0 Å². The van der Waals surface area contributed by atoms with Crippen LogP contribution in [-0.4, -0.2) is 50.3 Å². The Morgan fingerprint density at radius 1 is 1.52 bits per heavy atom. The molecule has 1 aromatic carbocycles. The van der Waals surface area contributed by atoms with Crippen molar-refractivity contribution in [2.45, 2.75) is 31.3 Å². The van der Waals surface area contributed by atoms with E-state index >= 15 is 0 Å². The zero-order chi connectivity index (χ0) is 16.2. The van der Waals surface area contributed by atoms with Gasteiger partial charge in [0.1, 0.15) is 5.75 Å². The number of likely N-dealkylation sites (tertiary alicyclic amines) is 1. The average molecular weight is 383 g/mol. The number of nitrogens with zero attached hydrogens (tertiary/aromatic N) is 1. The molecular formula is C17H23BrN2O3. The zero-order valence-corrected chi connectivity index (χ0v) is 15.0. The van der Waals surface area contributed by atoms with Crippen LogP contribution in [0.5, 0.6) is 5.75 Å². The Bertz CT molecular complexity index is 561. The van der Waals surface area contributed by atoms with Crippen molar-refractivity contribution in [2.24, 2.45) is 0 Å². The number of carbonyl (C=O) groups is 1. The molecule has 1 N–H and O–H groups in total. The first kappa shape index (κ1) is 16.7. The van der Waals surface area contributed by atoms with Gasteiger partial charge in [0.15, 0.2) is 0 Å². The molecule has 2 aliphatic heterocycles. The van der Waals surface area contributed by atoms with Crippen molar-refractivity contribution < 1.29 is 14.3 Å². The molecule has 0 radical (unpaired) electrons. The first-order valence-electron chi connectivity index (χ1n) is 8.13. The second-order valence-corrected chi connectivity index (χ2v) is 6.98. The summed E-state index contributed by atoms with van der Waals surface area (Å²) in [7, 11) is 1.68. The Hall–Kier alpha value is -1.11. The van der Waals surface area contributed by atoms with Crippen molar-refractivity contribution in [2.75, 3.05) is 33.4 Å². The van der Waals surface area contributed by atoms with E-state index in [0.29, 0.717) is 13.0 Å². The maximum Gasteiger partial charge on any atom is 0.224 e. The maximum absolute atomic E-state index is 12.8. The molecule has 6 heteroatoms. The van der Waals surface area contributed by atoms with Gasteiger partial charge < -0.3 is 19.7 Å². The van der Waals surface area contributed by atoms with Crippen LogP contribution < -0.4 is 10.1 Å². The summed E-state index contributed by atoms with van der Waals surface area (Å²) in [4.78, 5) is 14.8. The minimum absolute atomic E-state index is 0.0967. The fourth-order valence-corrected chi connectivity index (χ4v) is 3.81. The lowest BCUT2D eigenvalue weighted by Crippen LogP contribution is -2.45. The van der Waals surface area contributed by atoms with Gasteiger partial charge in [0.25, 0.3) is 0 Å². The van der Waals surface area contributed by atoms with Gasteiger partial charge in [-0.05, 0) is 31.0 Å². The van der Waals surface area contributed by atoms with Crippen LogP contribution >= 0.6 is 15.9 Å². The van der Waals surface area contributed by atoms with Gasteiger partial charge in [-0.2, -0.15) is 0 Å². The lowest BCUT2D eigenvalue weighted by atomic mass is 10.0. The molecule has 126 valence electrons. The number of halogens is 1. The molecule has 0 aromatic heterocycles. The fraction of sp³-hybridized carbons (Fsp3) is 0.588. The van der Waals surface area contributed by atoms with Crippen LogP contribution in [0.25, 0.3) is 0 Å². The van der Waals surface area contributed by atoms with Gasteiger partial charge in [-0.1, -0.05) is 15.9 Å². The van der Waals surface area contributed by atoms with Crippen molar-refractivity contribution in [1.82, 2.24) is 10.2 Å². The quantitative estimate of drug-likeness (QED) is 0.868. The van der Waals surface area contributed by atoms with Crippen molar-refractivity contribution in [3.05, 3.63) is 28.2 Å². The van der Waals surface area contributed by atoms with Gasteiger partial charge in [-0.15, -0.1) is 0 Å². The largest absolute Gasteiger partial charge is 0.496 e. The first-order valence-corrected chi connectivity index (χ1v) is 8.92. The topological polar surface area (TPSA) is 50.8 Å². The van der Waals surface area contributed by atoms with Gasteiger partial charge in [0.05, 0.1) is 26.4 Å². The summed E-state index contributed by atoms with van der Waals surface area (Å²) < 4.78 is 12.0. The third-order valence-electron chi connectivity index (χ3n) is 4.54. The van der Waals surface area contributed by atoms with E-state index in [1.807, 2.05) is 17.0 Å². The molecule has 2 fully saturated rings. The molecule has 0 aliphatic carbocycles. The zero-order valence-electron chi connectivity index (χ0n) is 13.4. The van der Waals surface area contributed by atoms with E-state index < -0.39 is 0 Å². The summed E-state index contributed by atoms with van der Waals surface area (Å²) in [6.45, 7) is 2.98. The molecule has 5 nitrogen and oxygen atoms in total. The predicted molar refractivity (Wildman–Crippen MR) is 91.6 cm³/mol. The van der Waals surface area contributed by atoms with Crippen LogP contribution in [0.3, 0.4) is 0 Å². The summed E-state index contributed by atoms with van der Waals surface area (Å²) in [5, 5.41) is 3.36. The van der Waals surface area contributed by atoms with Gasteiger partial charge >= 0.3 is 0 Å². The van der Waals surface area contributed by atoms with E-state index in [-0.39, 0.29) is 18.0 Å². The molecule has 1 aromatic rings. The maximum atomic E-state index is 12.8. The Morgan fingerprint density at radius 2 is 2.39 bits per heavy atom. The number of morpholine rings is 1. The van der Waals surface area contributed by atoms with Crippen LogP contribution in [0.15, 0.2) is 22.7 Å². The summed E-state index contributed by atoms with van der Waals surface area (Å²) >= 11 is 3.52. The molecule has 1 amide bonds. The average Bonchev–Trinajstić information content (AvgIpc) is 3.05. The van der Waals surface area contributed by atoms with Crippen molar-refractivity contribution >= 4 is 21.8 Å². The molecule has 0 saturated carbocycles. The number of rotatable bonds is 4. The van der Waals surface area contributed by atoms with E-state index in [0.717, 1.165) is 48.3 Å². The molecule has 2 unspecified atom stereocenters. The van der Waals surface area contributed by atoms with Crippen LogP contribution in [0.4, 0.5) is 0 Å². The number of methoxy groups -OCH3 is 1. The van der Waals surface area contributed by atoms with Crippen LogP contribution in [0.1, 0.15) is 30.9 Å². The highest BCUT2D eigenvalue weighted by molar-refractivity contribution is 9.10. The van der Waals surface area contributed by atoms with Gasteiger partial charge in [-0.3, -0.25) is 4.79 Å². The summed E-state index contributed by atoms with van der Waals surface area (Å²) in [5.74, 6) is 1.04. The van der Waals surface area contributed by atoms with E-state index in [4.69, 9.17) is 9.47 Å². The van der Waals surface area contributed by atoms with E-state index in [1.54, 1.807) is 7.11 Å². The van der Waals surface area contributed by atoms with Gasteiger partial charge in [0.2, 0.25) is 5.91 Å². The molecule has 2 aliphatic rings. The molecule has 0 bridgehead atoms. The second kappa shape index (κ2) is 7.64. The standard InChI is InChI=1S/C17H23BrN2O3/c1-22-16-5-4-12(18)9-14(16)15-3-2-7-20(15)17(21)10-13-11-23-8-6-19-13/h4-5,9,13,15,19H,2-3,6-8,10-11H2,1H3. The van der Waals surface area contributed by atoms with Crippen molar-refractivity contribution in [3.63, 3.8) is 0 Å². The van der Waals surface area contributed by atoms with E-state index in [2.05, 4.69) is 27.3 Å².